The van der Waals surface area contributed by atoms with Crippen molar-refractivity contribution >= 4 is 29.0 Å². The average Bonchev–Trinajstić information content (AvgIpc) is 3.25. The molecule has 0 spiro atoms. The molecular weight excluding hydrogens is 488 g/mol. The Morgan fingerprint density at radius 3 is 2.69 bits per heavy atom. The first kappa shape index (κ1) is 26.0. The van der Waals surface area contributed by atoms with Crippen LogP contribution in [-0.4, -0.2) is 70.5 Å². The molecular formula is C22H22F4N6O2S. The number of ether oxygens (including phenoxy) is 1. The third kappa shape index (κ3) is 6.50. The van der Waals surface area contributed by atoms with E-state index in [9.17, 15) is 22.4 Å². The van der Waals surface area contributed by atoms with Crippen LogP contribution in [0.4, 0.5) is 17.6 Å². The second-order valence-electron chi connectivity index (χ2n) is 7.26. The quantitative estimate of drug-likeness (QED) is 0.182. The summed E-state index contributed by atoms with van der Waals surface area (Å²) in [6.07, 6.45) is 4.44. The zero-order chi connectivity index (χ0) is 25.5. The van der Waals surface area contributed by atoms with Crippen molar-refractivity contribution in [3.05, 3.63) is 66.3 Å². The summed E-state index contributed by atoms with van der Waals surface area (Å²) in [4.78, 5) is 17.4. The highest BCUT2D eigenvalue weighted by molar-refractivity contribution is 8.00. The van der Waals surface area contributed by atoms with Crippen LogP contribution >= 0.6 is 11.8 Å². The number of hydrogen-bond acceptors (Lipinski definition) is 7. The number of nitrogens with one attached hydrogen (secondary N) is 1. The Morgan fingerprint density at radius 2 is 2.03 bits per heavy atom. The minimum Gasteiger partial charge on any atom is -0.434 e. The molecule has 0 aliphatic carbocycles. The van der Waals surface area contributed by atoms with Crippen LogP contribution in [0.1, 0.15) is 15.9 Å². The van der Waals surface area contributed by atoms with E-state index in [1.807, 2.05) is 0 Å². The minimum absolute atomic E-state index is 0.00271. The smallest absolute Gasteiger partial charge is 0.387 e. The number of aromatic nitrogens is 3. The van der Waals surface area contributed by atoms with Crippen molar-refractivity contribution in [3.8, 4) is 5.75 Å². The predicted octanol–water partition coefficient (Wildman–Crippen LogP) is 3.94. The lowest BCUT2D eigenvalue weighted by atomic mass is 10.1. The van der Waals surface area contributed by atoms with Crippen LogP contribution in [0.25, 0.3) is 5.65 Å². The molecule has 0 radical (unpaired) electrons. The first-order valence-electron chi connectivity index (χ1n) is 10.2. The summed E-state index contributed by atoms with van der Waals surface area (Å²) in [5, 5.41) is 11.3. The van der Waals surface area contributed by atoms with Gasteiger partial charge in [0.15, 0.2) is 5.65 Å². The number of amides is 1. The first-order chi connectivity index (χ1) is 16.7. The number of alkyl halides is 4. The third-order valence-corrected chi connectivity index (χ3v) is 5.55. The molecule has 13 heteroatoms. The second-order valence-corrected chi connectivity index (χ2v) is 8.63. The standard InChI is InChI=1S/C22H22F4N6O2S/c1-13(29-21(33)17-12-28-32-8-4-7-27-20(17)32)19(30-31(2)3)16-9-14(35-15(10-23)11-24)5-6-18(16)34-22(25)26/h4-9,12,15,22H,1,10-11H2,2-3H3,(H,29,33)/b30-19+. The number of benzene rings is 1. The van der Waals surface area contributed by atoms with Gasteiger partial charge < -0.3 is 15.1 Å². The number of thioether (sulfide) groups is 1. The van der Waals surface area contributed by atoms with Crippen LogP contribution in [0, 0.1) is 0 Å². The number of carbonyl (C=O) groups excluding carboxylic acids is 1. The molecule has 1 amide bonds. The Hall–Kier alpha value is -3.61. The topological polar surface area (TPSA) is 84.1 Å². The summed E-state index contributed by atoms with van der Waals surface area (Å²) in [6, 6.07) is 5.70. The van der Waals surface area contributed by atoms with Crippen molar-refractivity contribution < 1.29 is 27.1 Å². The monoisotopic (exact) mass is 510 g/mol. The Morgan fingerprint density at radius 1 is 1.29 bits per heavy atom. The Bertz CT molecular complexity index is 1230. The van der Waals surface area contributed by atoms with Gasteiger partial charge in [-0.25, -0.2) is 18.3 Å². The van der Waals surface area contributed by atoms with Crippen molar-refractivity contribution in [2.24, 2.45) is 5.10 Å². The number of hydrogen-bond donors (Lipinski definition) is 1. The molecule has 0 fully saturated rings. The number of rotatable bonds is 11. The van der Waals surface area contributed by atoms with Crippen LogP contribution in [0.2, 0.25) is 0 Å². The number of allylic oxidation sites excluding steroid dienone is 1. The average molecular weight is 511 g/mol. The molecule has 0 unspecified atom stereocenters. The number of hydrazone groups is 1. The van der Waals surface area contributed by atoms with Gasteiger partial charge in [-0.05, 0) is 24.3 Å². The molecule has 3 aromatic rings. The van der Waals surface area contributed by atoms with Crippen molar-refractivity contribution in [1.82, 2.24) is 24.9 Å². The van der Waals surface area contributed by atoms with Gasteiger partial charge in [0.2, 0.25) is 0 Å². The first-order valence-corrected chi connectivity index (χ1v) is 11.0. The van der Waals surface area contributed by atoms with Gasteiger partial charge in [-0.15, -0.1) is 11.8 Å². The van der Waals surface area contributed by atoms with E-state index in [0.717, 1.165) is 11.8 Å². The maximum Gasteiger partial charge on any atom is 0.387 e. The van der Waals surface area contributed by atoms with E-state index in [0.29, 0.717) is 10.5 Å². The van der Waals surface area contributed by atoms with E-state index < -0.39 is 31.1 Å². The van der Waals surface area contributed by atoms with Gasteiger partial charge in [-0.2, -0.15) is 19.0 Å². The molecule has 0 saturated heterocycles. The van der Waals surface area contributed by atoms with Crippen molar-refractivity contribution in [2.75, 3.05) is 27.4 Å². The molecule has 0 saturated carbocycles. The van der Waals surface area contributed by atoms with Gasteiger partial charge >= 0.3 is 6.61 Å². The molecule has 35 heavy (non-hydrogen) atoms. The summed E-state index contributed by atoms with van der Waals surface area (Å²) in [5.41, 5.74) is 0.463. The summed E-state index contributed by atoms with van der Waals surface area (Å²) in [6.45, 7) is -1.13. The summed E-state index contributed by atoms with van der Waals surface area (Å²) in [7, 11) is 3.16. The van der Waals surface area contributed by atoms with Crippen molar-refractivity contribution in [2.45, 2.75) is 16.8 Å². The Kier molecular flexibility index (Phi) is 8.68. The van der Waals surface area contributed by atoms with Crippen LogP contribution in [-0.2, 0) is 0 Å². The van der Waals surface area contributed by atoms with Gasteiger partial charge in [0, 0.05) is 36.9 Å². The lowest BCUT2D eigenvalue weighted by Crippen LogP contribution is -2.29. The summed E-state index contributed by atoms with van der Waals surface area (Å²) < 4.78 is 58.4. The van der Waals surface area contributed by atoms with Crippen molar-refractivity contribution in [1.29, 1.82) is 0 Å². The number of halogens is 4. The largest absolute Gasteiger partial charge is 0.434 e. The lowest BCUT2D eigenvalue weighted by Gasteiger charge is -2.19. The number of nitrogens with zero attached hydrogens (tertiary/aromatic N) is 5. The van der Waals surface area contributed by atoms with Gasteiger partial charge in [0.05, 0.1) is 17.1 Å². The Labute approximate surface area is 202 Å². The molecule has 0 aliphatic rings. The molecule has 2 aromatic heterocycles. The zero-order valence-electron chi connectivity index (χ0n) is 18.8. The van der Waals surface area contributed by atoms with Gasteiger partial charge in [-0.1, -0.05) is 6.58 Å². The highest BCUT2D eigenvalue weighted by Gasteiger charge is 2.22. The third-order valence-electron chi connectivity index (χ3n) is 4.44. The number of carbonyl (C=O) groups is 1. The molecule has 1 N–H and O–H groups in total. The van der Waals surface area contributed by atoms with E-state index >= 15 is 0 Å². The zero-order valence-corrected chi connectivity index (χ0v) is 19.6. The van der Waals surface area contributed by atoms with Gasteiger partial charge in [0.1, 0.15) is 30.4 Å². The predicted molar refractivity (Wildman–Crippen MR) is 124 cm³/mol. The van der Waals surface area contributed by atoms with Gasteiger partial charge in [0.25, 0.3) is 5.91 Å². The number of fused-ring (bicyclic) bond motifs is 1. The fourth-order valence-corrected chi connectivity index (χ4v) is 3.83. The summed E-state index contributed by atoms with van der Waals surface area (Å²) >= 11 is 0.894. The fraction of sp³-hybridized carbons (Fsp3) is 0.273. The molecule has 186 valence electrons. The van der Waals surface area contributed by atoms with E-state index in [-0.39, 0.29) is 28.3 Å². The summed E-state index contributed by atoms with van der Waals surface area (Å²) in [5.74, 6) is -0.859. The molecule has 3 rings (SSSR count). The van der Waals surface area contributed by atoms with E-state index in [4.69, 9.17) is 0 Å². The van der Waals surface area contributed by atoms with Gasteiger partial charge in [-0.3, -0.25) is 4.79 Å². The van der Waals surface area contributed by atoms with Crippen LogP contribution in [0.15, 0.2) is 65.1 Å². The van der Waals surface area contributed by atoms with Crippen LogP contribution < -0.4 is 10.1 Å². The molecule has 0 atom stereocenters. The SMILES string of the molecule is C=C(NC(=O)c1cnn2cccnc12)/C(=N\N(C)C)c1cc(SC(CF)CF)ccc1OC(F)F. The van der Waals surface area contributed by atoms with E-state index in [1.54, 1.807) is 26.4 Å². The molecule has 2 heterocycles. The Balaban J connectivity index is 1.99. The van der Waals surface area contributed by atoms with Crippen molar-refractivity contribution in [3.63, 3.8) is 0 Å². The van der Waals surface area contributed by atoms with Crippen LogP contribution in [0.3, 0.4) is 0 Å². The molecule has 0 aliphatic heterocycles. The van der Waals surface area contributed by atoms with E-state index in [1.165, 1.54) is 40.1 Å². The molecule has 0 bridgehead atoms. The maximum absolute atomic E-state index is 13.1. The molecule has 8 nitrogen and oxygen atoms in total. The highest BCUT2D eigenvalue weighted by atomic mass is 32.2. The normalized spacial score (nSPS) is 11.8. The van der Waals surface area contributed by atoms with E-state index in [2.05, 4.69) is 31.8 Å². The highest BCUT2D eigenvalue weighted by Crippen LogP contribution is 2.32. The minimum atomic E-state index is -3.15. The fourth-order valence-electron chi connectivity index (χ4n) is 2.99. The lowest BCUT2D eigenvalue weighted by molar-refractivity contribution is -0.0500. The van der Waals surface area contributed by atoms with Crippen LogP contribution in [0.5, 0.6) is 5.75 Å². The second kappa shape index (κ2) is 11.7. The maximum atomic E-state index is 13.1. The molecule has 1 aromatic carbocycles.